The molecule has 0 aromatic rings. The Bertz CT molecular complexity index is 327. The second-order valence-electron chi connectivity index (χ2n) is 4.72. The molecule has 1 heterocycles. The van der Waals surface area contributed by atoms with Crippen molar-refractivity contribution in [3.05, 3.63) is 0 Å². The first kappa shape index (κ1) is 17.3. The second-order valence-corrected chi connectivity index (χ2v) is 5.83. The number of ether oxygens (including phenoxy) is 2. The summed E-state index contributed by atoms with van der Waals surface area (Å²) in [6, 6.07) is -0.596. The van der Waals surface area contributed by atoms with E-state index in [0.29, 0.717) is 44.2 Å². The standard InChI is InChI=1S/C13H24N2O4S/c1-3-18-13(17)11(14)4-7-20-9-12(16)15-5-6-19-10(2)8-15/h10-11H,3-9,14H2,1-2H3. The Morgan fingerprint density at radius 3 is 2.95 bits per heavy atom. The van der Waals surface area contributed by atoms with Crippen LogP contribution in [0.1, 0.15) is 20.3 Å². The quantitative estimate of drug-likeness (QED) is 0.536. The van der Waals surface area contributed by atoms with E-state index in [1.165, 1.54) is 11.8 Å². The van der Waals surface area contributed by atoms with E-state index in [9.17, 15) is 9.59 Å². The zero-order valence-electron chi connectivity index (χ0n) is 12.2. The largest absolute Gasteiger partial charge is 0.465 e. The van der Waals surface area contributed by atoms with Crippen molar-refractivity contribution in [3.63, 3.8) is 0 Å². The first-order chi connectivity index (χ1) is 9.54. The maximum absolute atomic E-state index is 12.0. The summed E-state index contributed by atoms with van der Waals surface area (Å²) >= 11 is 1.50. The topological polar surface area (TPSA) is 81.9 Å². The van der Waals surface area contributed by atoms with Gasteiger partial charge in [-0.2, -0.15) is 11.8 Å². The summed E-state index contributed by atoms with van der Waals surface area (Å²) in [6.45, 7) is 5.97. The number of amides is 1. The Balaban J connectivity index is 2.14. The van der Waals surface area contributed by atoms with Gasteiger partial charge in [-0.25, -0.2) is 0 Å². The number of nitrogens with zero attached hydrogens (tertiary/aromatic N) is 1. The Morgan fingerprint density at radius 1 is 1.55 bits per heavy atom. The van der Waals surface area contributed by atoms with Crippen molar-refractivity contribution >= 4 is 23.6 Å². The summed E-state index contributed by atoms with van der Waals surface area (Å²) in [7, 11) is 0. The van der Waals surface area contributed by atoms with Crippen molar-refractivity contribution in [1.29, 1.82) is 0 Å². The van der Waals surface area contributed by atoms with Gasteiger partial charge in [0.25, 0.3) is 0 Å². The van der Waals surface area contributed by atoms with Crippen LogP contribution in [-0.2, 0) is 19.1 Å². The van der Waals surface area contributed by atoms with Crippen molar-refractivity contribution in [2.75, 3.05) is 37.8 Å². The van der Waals surface area contributed by atoms with E-state index in [-0.39, 0.29) is 18.0 Å². The highest BCUT2D eigenvalue weighted by molar-refractivity contribution is 7.99. The number of esters is 1. The molecule has 2 N–H and O–H groups in total. The van der Waals surface area contributed by atoms with Gasteiger partial charge in [-0.3, -0.25) is 9.59 Å². The maximum Gasteiger partial charge on any atom is 0.322 e. The van der Waals surface area contributed by atoms with Crippen molar-refractivity contribution in [2.45, 2.75) is 32.4 Å². The van der Waals surface area contributed by atoms with E-state index in [1.807, 2.05) is 11.8 Å². The molecular formula is C13H24N2O4S. The molecule has 7 heteroatoms. The molecule has 1 saturated heterocycles. The molecule has 0 aromatic carbocycles. The van der Waals surface area contributed by atoms with Gasteiger partial charge >= 0.3 is 5.97 Å². The Labute approximate surface area is 124 Å². The lowest BCUT2D eigenvalue weighted by Crippen LogP contribution is -2.45. The maximum atomic E-state index is 12.0. The average Bonchev–Trinajstić information content (AvgIpc) is 2.43. The van der Waals surface area contributed by atoms with Gasteiger partial charge in [0, 0.05) is 13.1 Å². The molecule has 0 aliphatic carbocycles. The molecule has 0 bridgehead atoms. The highest BCUT2D eigenvalue weighted by Crippen LogP contribution is 2.10. The van der Waals surface area contributed by atoms with Gasteiger partial charge in [-0.1, -0.05) is 0 Å². The SMILES string of the molecule is CCOC(=O)C(N)CCSCC(=O)N1CCOC(C)C1. The summed E-state index contributed by atoms with van der Waals surface area (Å²) in [5.41, 5.74) is 5.68. The molecule has 2 atom stereocenters. The van der Waals surface area contributed by atoms with Gasteiger partial charge in [0.2, 0.25) is 5.91 Å². The van der Waals surface area contributed by atoms with Gasteiger partial charge in [-0.05, 0) is 26.0 Å². The summed E-state index contributed by atoms with van der Waals surface area (Å²) in [6.07, 6.45) is 0.631. The minimum atomic E-state index is -0.596. The molecule has 2 unspecified atom stereocenters. The highest BCUT2D eigenvalue weighted by Gasteiger charge is 2.21. The molecule has 1 aliphatic rings. The fourth-order valence-corrected chi connectivity index (χ4v) is 2.80. The smallest absolute Gasteiger partial charge is 0.322 e. The average molecular weight is 304 g/mol. The molecule has 1 fully saturated rings. The van der Waals surface area contributed by atoms with Crippen molar-refractivity contribution in [3.8, 4) is 0 Å². The Morgan fingerprint density at radius 2 is 2.30 bits per heavy atom. The predicted molar refractivity (Wildman–Crippen MR) is 78.5 cm³/mol. The van der Waals surface area contributed by atoms with Gasteiger partial charge in [-0.15, -0.1) is 0 Å². The number of carbonyl (C=O) groups is 2. The van der Waals surface area contributed by atoms with Crippen LogP contribution in [0.5, 0.6) is 0 Å². The van der Waals surface area contributed by atoms with Crippen LogP contribution in [0.15, 0.2) is 0 Å². The lowest BCUT2D eigenvalue weighted by Gasteiger charge is -2.31. The van der Waals surface area contributed by atoms with Crippen LogP contribution in [0.25, 0.3) is 0 Å². The van der Waals surface area contributed by atoms with Gasteiger partial charge < -0.3 is 20.1 Å². The summed E-state index contributed by atoms with van der Waals surface area (Å²) in [5.74, 6) is 0.838. The fourth-order valence-electron chi connectivity index (χ4n) is 1.87. The second kappa shape index (κ2) is 9.20. The first-order valence-electron chi connectivity index (χ1n) is 6.94. The zero-order chi connectivity index (χ0) is 15.0. The molecule has 1 amide bonds. The molecule has 6 nitrogen and oxygen atoms in total. The third kappa shape index (κ3) is 6.11. The number of rotatable bonds is 7. The minimum Gasteiger partial charge on any atom is -0.465 e. The van der Waals surface area contributed by atoms with Crippen LogP contribution in [-0.4, -0.2) is 66.7 Å². The summed E-state index contributed by atoms with van der Waals surface area (Å²) in [5, 5.41) is 0. The van der Waals surface area contributed by atoms with Gasteiger partial charge in [0.05, 0.1) is 25.1 Å². The molecule has 20 heavy (non-hydrogen) atoms. The molecule has 116 valence electrons. The fraction of sp³-hybridized carbons (Fsp3) is 0.846. The van der Waals surface area contributed by atoms with E-state index >= 15 is 0 Å². The van der Waals surface area contributed by atoms with E-state index < -0.39 is 6.04 Å². The van der Waals surface area contributed by atoms with E-state index in [1.54, 1.807) is 6.92 Å². The van der Waals surface area contributed by atoms with Crippen LogP contribution in [0.3, 0.4) is 0 Å². The number of thioether (sulfide) groups is 1. The molecule has 0 saturated carbocycles. The van der Waals surface area contributed by atoms with Crippen LogP contribution in [0, 0.1) is 0 Å². The summed E-state index contributed by atoms with van der Waals surface area (Å²) in [4.78, 5) is 25.1. The molecule has 1 aliphatic heterocycles. The number of carbonyl (C=O) groups excluding carboxylic acids is 2. The molecule has 1 rings (SSSR count). The van der Waals surface area contributed by atoms with E-state index in [0.717, 1.165) is 0 Å². The van der Waals surface area contributed by atoms with Crippen molar-refractivity contribution in [2.24, 2.45) is 5.73 Å². The van der Waals surface area contributed by atoms with Crippen LogP contribution in [0.2, 0.25) is 0 Å². The Kier molecular flexibility index (Phi) is 7.94. The first-order valence-corrected chi connectivity index (χ1v) is 8.09. The number of hydrogen-bond donors (Lipinski definition) is 1. The summed E-state index contributed by atoms with van der Waals surface area (Å²) < 4.78 is 10.2. The van der Waals surface area contributed by atoms with Crippen LogP contribution >= 0.6 is 11.8 Å². The molecular weight excluding hydrogens is 280 g/mol. The van der Waals surface area contributed by atoms with Crippen molar-refractivity contribution in [1.82, 2.24) is 4.90 Å². The van der Waals surface area contributed by atoms with Crippen LogP contribution in [0.4, 0.5) is 0 Å². The minimum absolute atomic E-state index is 0.106. The van der Waals surface area contributed by atoms with Gasteiger partial charge in [0.1, 0.15) is 6.04 Å². The number of morpholine rings is 1. The van der Waals surface area contributed by atoms with Crippen molar-refractivity contribution < 1.29 is 19.1 Å². The zero-order valence-corrected chi connectivity index (χ0v) is 13.0. The Hall–Kier alpha value is -0.790. The lowest BCUT2D eigenvalue weighted by atomic mass is 10.2. The monoisotopic (exact) mass is 304 g/mol. The van der Waals surface area contributed by atoms with Gasteiger partial charge in [0.15, 0.2) is 0 Å². The molecule has 0 radical (unpaired) electrons. The van der Waals surface area contributed by atoms with E-state index in [2.05, 4.69) is 0 Å². The lowest BCUT2D eigenvalue weighted by molar-refractivity contribution is -0.144. The third-order valence-corrected chi connectivity index (χ3v) is 3.96. The molecule has 0 aromatic heterocycles. The normalized spacial score (nSPS) is 20.6. The van der Waals surface area contributed by atoms with E-state index in [4.69, 9.17) is 15.2 Å². The van der Waals surface area contributed by atoms with Crippen LogP contribution < -0.4 is 5.73 Å². The number of hydrogen-bond acceptors (Lipinski definition) is 6. The molecule has 0 spiro atoms. The number of nitrogens with two attached hydrogens (primary N) is 1. The highest BCUT2D eigenvalue weighted by atomic mass is 32.2. The third-order valence-electron chi connectivity index (χ3n) is 2.98. The predicted octanol–water partition coefficient (Wildman–Crippen LogP) is 0.247.